The number of anilines is 2. The minimum Gasteiger partial charge on any atom is -0.381 e. The van der Waals surface area contributed by atoms with E-state index in [9.17, 15) is 0 Å². The van der Waals surface area contributed by atoms with Gasteiger partial charge in [0.25, 0.3) is 0 Å². The van der Waals surface area contributed by atoms with Gasteiger partial charge in [-0.25, -0.2) is 9.97 Å². The number of aromatic nitrogens is 3. The molecule has 4 aromatic rings. The minimum absolute atomic E-state index is 0.253. The van der Waals surface area contributed by atoms with Crippen LogP contribution in [0.25, 0.3) is 33.4 Å². The second kappa shape index (κ2) is 4.85. The summed E-state index contributed by atoms with van der Waals surface area (Å²) >= 11 is 1.61. The molecule has 0 atom stereocenters. The van der Waals surface area contributed by atoms with Crippen molar-refractivity contribution < 1.29 is 0 Å². The lowest BCUT2D eigenvalue weighted by molar-refractivity contribution is 1.23. The van der Waals surface area contributed by atoms with E-state index in [1.54, 1.807) is 11.3 Å². The molecule has 0 unspecified atom stereocenters. The van der Waals surface area contributed by atoms with Crippen molar-refractivity contribution >= 4 is 33.9 Å². The smallest absolute Gasteiger partial charge is 0.166 e. The number of aromatic amines is 1. The number of nitrogens with two attached hydrogens (primary N) is 2. The lowest BCUT2D eigenvalue weighted by atomic mass is 10.0. The van der Waals surface area contributed by atoms with Crippen LogP contribution in [-0.4, -0.2) is 15.0 Å². The Balaban J connectivity index is 1.98. The predicted octanol–water partition coefficient (Wildman–Crippen LogP) is 3.52. The highest BCUT2D eigenvalue weighted by molar-refractivity contribution is 7.08. The molecule has 0 spiro atoms. The van der Waals surface area contributed by atoms with Gasteiger partial charge in [0.05, 0.1) is 11.4 Å². The molecule has 6 heteroatoms. The van der Waals surface area contributed by atoms with Crippen molar-refractivity contribution in [3.63, 3.8) is 0 Å². The van der Waals surface area contributed by atoms with Gasteiger partial charge in [0, 0.05) is 33.6 Å². The van der Waals surface area contributed by atoms with Gasteiger partial charge in [0.2, 0.25) is 0 Å². The predicted molar refractivity (Wildman–Crippen MR) is 91.5 cm³/mol. The van der Waals surface area contributed by atoms with E-state index in [4.69, 9.17) is 11.5 Å². The van der Waals surface area contributed by atoms with Gasteiger partial charge in [-0.15, -0.1) is 0 Å². The largest absolute Gasteiger partial charge is 0.381 e. The number of H-pyrrole nitrogens is 1. The summed E-state index contributed by atoms with van der Waals surface area (Å²) in [4.78, 5) is 12.1. The average Bonchev–Trinajstić information content (AvgIpc) is 3.19. The number of thiophene rings is 1. The number of nitrogen functional groups attached to an aromatic ring is 2. The first kappa shape index (κ1) is 12.8. The molecule has 0 radical (unpaired) electrons. The SMILES string of the molecule is Nc1nc(-c2ccsc2)c(-c2ccc3[nH]ccc3c2)nc1N. The van der Waals surface area contributed by atoms with Crippen molar-refractivity contribution in [2.24, 2.45) is 0 Å². The van der Waals surface area contributed by atoms with Gasteiger partial charge in [0.1, 0.15) is 0 Å². The quantitative estimate of drug-likeness (QED) is 0.528. The van der Waals surface area contributed by atoms with E-state index in [1.165, 1.54) is 0 Å². The van der Waals surface area contributed by atoms with Crippen LogP contribution in [0.15, 0.2) is 47.3 Å². The van der Waals surface area contributed by atoms with E-state index >= 15 is 0 Å². The number of nitrogens with one attached hydrogen (secondary N) is 1. The van der Waals surface area contributed by atoms with Gasteiger partial charge in [-0.05, 0) is 29.6 Å². The lowest BCUT2D eigenvalue weighted by Gasteiger charge is -2.10. The molecule has 108 valence electrons. The fraction of sp³-hybridized carbons (Fsp3) is 0. The van der Waals surface area contributed by atoms with E-state index in [0.29, 0.717) is 0 Å². The van der Waals surface area contributed by atoms with Crippen molar-refractivity contribution in [2.75, 3.05) is 11.5 Å². The molecule has 0 amide bonds. The number of benzene rings is 1. The van der Waals surface area contributed by atoms with E-state index in [0.717, 1.165) is 33.4 Å². The first-order chi connectivity index (χ1) is 10.7. The van der Waals surface area contributed by atoms with Crippen LogP contribution >= 0.6 is 11.3 Å². The molecule has 0 saturated heterocycles. The zero-order valence-electron chi connectivity index (χ0n) is 11.6. The summed E-state index contributed by atoms with van der Waals surface area (Å²) in [6.07, 6.45) is 1.91. The molecule has 3 heterocycles. The summed E-state index contributed by atoms with van der Waals surface area (Å²) in [5.74, 6) is 0.510. The number of rotatable bonds is 2. The summed E-state index contributed by atoms with van der Waals surface area (Å²) in [6, 6.07) is 10.1. The molecule has 3 aromatic heterocycles. The van der Waals surface area contributed by atoms with Crippen molar-refractivity contribution in [2.45, 2.75) is 0 Å². The molecule has 0 aliphatic rings. The third kappa shape index (κ3) is 2.01. The topological polar surface area (TPSA) is 93.6 Å². The molecular weight excluding hydrogens is 294 g/mol. The van der Waals surface area contributed by atoms with Crippen LogP contribution in [0.4, 0.5) is 11.6 Å². The van der Waals surface area contributed by atoms with Gasteiger partial charge in [-0.1, -0.05) is 6.07 Å². The third-order valence-electron chi connectivity index (χ3n) is 3.57. The monoisotopic (exact) mass is 307 g/mol. The normalized spacial score (nSPS) is 11.1. The van der Waals surface area contributed by atoms with E-state index in [1.807, 2.05) is 41.2 Å². The van der Waals surface area contributed by atoms with Crippen LogP contribution in [0, 0.1) is 0 Å². The first-order valence-electron chi connectivity index (χ1n) is 6.75. The second-order valence-electron chi connectivity index (χ2n) is 4.98. The number of fused-ring (bicyclic) bond motifs is 1. The Bertz CT molecular complexity index is 956. The molecule has 0 aliphatic carbocycles. The van der Waals surface area contributed by atoms with Crippen LogP contribution < -0.4 is 11.5 Å². The highest BCUT2D eigenvalue weighted by Gasteiger charge is 2.15. The Labute approximate surface area is 130 Å². The van der Waals surface area contributed by atoms with Gasteiger partial charge in [-0.3, -0.25) is 0 Å². The minimum atomic E-state index is 0.253. The maximum atomic E-state index is 5.87. The molecule has 1 aromatic carbocycles. The molecule has 0 bridgehead atoms. The Morgan fingerprint density at radius 3 is 2.41 bits per heavy atom. The standard InChI is InChI=1S/C16H13N5S/c17-15-16(18)21-14(11-4-6-22-8-11)13(20-15)10-1-2-12-9(7-10)3-5-19-12/h1-8,19H,(H2,17,20)(H2,18,21). The number of nitrogens with zero attached hydrogens (tertiary/aromatic N) is 2. The number of hydrogen-bond donors (Lipinski definition) is 3. The van der Waals surface area contributed by atoms with E-state index < -0.39 is 0 Å². The zero-order chi connectivity index (χ0) is 15.1. The Morgan fingerprint density at radius 1 is 0.909 bits per heavy atom. The third-order valence-corrected chi connectivity index (χ3v) is 4.26. The van der Waals surface area contributed by atoms with Crippen molar-refractivity contribution in [1.29, 1.82) is 0 Å². The summed E-state index contributed by atoms with van der Waals surface area (Å²) < 4.78 is 0. The van der Waals surface area contributed by atoms with E-state index in [2.05, 4.69) is 21.0 Å². The zero-order valence-corrected chi connectivity index (χ0v) is 12.4. The van der Waals surface area contributed by atoms with Crippen molar-refractivity contribution in [3.05, 3.63) is 47.3 Å². The molecule has 22 heavy (non-hydrogen) atoms. The average molecular weight is 307 g/mol. The molecule has 5 N–H and O–H groups in total. The van der Waals surface area contributed by atoms with Crippen LogP contribution in [0.3, 0.4) is 0 Å². The summed E-state index contributed by atoms with van der Waals surface area (Å²) in [5.41, 5.74) is 16.3. The van der Waals surface area contributed by atoms with Gasteiger partial charge in [-0.2, -0.15) is 11.3 Å². The summed E-state index contributed by atoms with van der Waals surface area (Å²) in [7, 11) is 0. The van der Waals surface area contributed by atoms with Gasteiger partial charge < -0.3 is 16.5 Å². The number of hydrogen-bond acceptors (Lipinski definition) is 5. The Kier molecular flexibility index (Phi) is 2.83. The molecular formula is C16H13N5S. The fourth-order valence-electron chi connectivity index (χ4n) is 2.46. The molecule has 0 aliphatic heterocycles. The Hall–Kier alpha value is -2.86. The molecule has 4 rings (SSSR count). The fourth-order valence-corrected chi connectivity index (χ4v) is 3.10. The molecule has 0 fully saturated rings. The lowest BCUT2D eigenvalue weighted by Crippen LogP contribution is -2.04. The summed E-state index contributed by atoms with van der Waals surface area (Å²) in [6.45, 7) is 0. The van der Waals surface area contributed by atoms with E-state index in [-0.39, 0.29) is 11.6 Å². The van der Waals surface area contributed by atoms with Gasteiger partial charge >= 0.3 is 0 Å². The van der Waals surface area contributed by atoms with Crippen LogP contribution in [-0.2, 0) is 0 Å². The van der Waals surface area contributed by atoms with Crippen LogP contribution in [0.5, 0.6) is 0 Å². The second-order valence-corrected chi connectivity index (χ2v) is 5.76. The van der Waals surface area contributed by atoms with Crippen LogP contribution in [0.2, 0.25) is 0 Å². The van der Waals surface area contributed by atoms with Crippen LogP contribution in [0.1, 0.15) is 0 Å². The first-order valence-corrected chi connectivity index (χ1v) is 7.70. The summed E-state index contributed by atoms with van der Waals surface area (Å²) in [5, 5.41) is 5.15. The maximum Gasteiger partial charge on any atom is 0.166 e. The molecule has 5 nitrogen and oxygen atoms in total. The van der Waals surface area contributed by atoms with Gasteiger partial charge in [0.15, 0.2) is 11.6 Å². The maximum absolute atomic E-state index is 5.87. The highest BCUT2D eigenvalue weighted by atomic mass is 32.1. The highest BCUT2D eigenvalue weighted by Crippen LogP contribution is 2.33. The Morgan fingerprint density at radius 2 is 1.68 bits per heavy atom. The molecule has 0 saturated carbocycles. The van der Waals surface area contributed by atoms with Crippen molar-refractivity contribution in [3.8, 4) is 22.5 Å². The van der Waals surface area contributed by atoms with Crippen molar-refractivity contribution in [1.82, 2.24) is 15.0 Å².